The maximum atomic E-state index is 12.2. The molecule has 0 saturated heterocycles. The van der Waals surface area contributed by atoms with Gasteiger partial charge in [-0.15, -0.1) is 10.2 Å². The van der Waals surface area contributed by atoms with Crippen molar-refractivity contribution in [1.82, 2.24) is 10.2 Å². The number of hydrogen-bond acceptors (Lipinski definition) is 7. The van der Waals surface area contributed by atoms with E-state index >= 15 is 0 Å². The van der Waals surface area contributed by atoms with Gasteiger partial charge in [0.05, 0.1) is 23.6 Å². The summed E-state index contributed by atoms with van der Waals surface area (Å²) in [6.45, 7) is 1.97. The number of carbonyl (C=O) groups excluding carboxylic acids is 2. The van der Waals surface area contributed by atoms with Crippen LogP contribution in [0.4, 0.5) is 5.69 Å². The first-order valence-electron chi connectivity index (χ1n) is 8.35. The lowest BCUT2D eigenvalue weighted by Crippen LogP contribution is -2.17. The molecule has 3 rings (SSSR count). The summed E-state index contributed by atoms with van der Waals surface area (Å²) >= 11 is 6.96. The summed E-state index contributed by atoms with van der Waals surface area (Å²) in [4.78, 5) is 24.2. The van der Waals surface area contributed by atoms with Gasteiger partial charge < -0.3 is 14.5 Å². The highest BCUT2D eigenvalue weighted by molar-refractivity contribution is 7.99. The van der Waals surface area contributed by atoms with Crippen LogP contribution in [0.15, 0.2) is 58.2 Å². The number of anilines is 1. The van der Waals surface area contributed by atoms with E-state index in [0.717, 1.165) is 17.3 Å². The molecular formula is C19H16ClN3O4S. The third-order valence-electron chi connectivity index (χ3n) is 3.52. The smallest absolute Gasteiger partial charge is 0.340 e. The Morgan fingerprint density at radius 3 is 2.64 bits per heavy atom. The summed E-state index contributed by atoms with van der Waals surface area (Å²) in [6, 6.07) is 13.6. The van der Waals surface area contributed by atoms with Crippen LogP contribution in [-0.2, 0) is 9.53 Å². The van der Waals surface area contributed by atoms with Crippen LogP contribution in [0.3, 0.4) is 0 Å². The molecule has 0 aliphatic rings. The van der Waals surface area contributed by atoms with Gasteiger partial charge in [-0.05, 0) is 43.3 Å². The molecule has 1 N–H and O–H groups in total. The molecule has 0 radical (unpaired) electrons. The van der Waals surface area contributed by atoms with Gasteiger partial charge in [-0.1, -0.05) is 35.5 Å². The Labute approximate surface area is 170 Å². The minimum absolute atomic E-state index is 0.0411. The first kappa shape index (κ1) is 19.9. The van der Waals surface area contributed by atoms with E-state index in [1.165, 1.54) is 0 Å². The summed E-state index contributed by atoms with van der Waals surface area (Å²) in [5.41, 5.74) is 1.42. The Morgan fingerprint density at radius 2 is 1.89 bits per heavy atom. The molecule has 9 heteroatoms. The van der Waals surface area contributed by atoms with Crippen molar-refractivity contribution in [2.75, 3.05) is 17.7 Å². The number of hydrogen-bond donors (Lipinski definition) is 1. The summed E-state index contributed by atoms with van der Waals surface area (Å²) in [5, 5.41) is 11.5. The SMILES string of the molecule is CCOC(=O)c1ccccc1NC(=O)CSc1nnc(-c2ccc(Cl)cc2)o1. The molecule has 0 bridgehead atoms. The van der Waals surface area contributed by atoms with Gasteiger partial charge in [-0.25, -0.2) is 4.79 Å². The topological polar surface area (TPSA) is 94.3 Å². The number of benzene rings is 2. The molecule has 0 aliphatic carbocycles. The number of aromatic nitrogens is 2. The maximum absolute atomic E-state index is 12.2. The Hall–Kier alpha value is -2.84. The number of ether oxygens (including phenoxy) is 1. The van der Waals surface area contributed by atoms with Gasteiger partial charge in [-0.3, -0.25) is 4.79 Å². The van der Waals surface area contributed by atoms with Crippen molar-refractivity contribution in [2.24, 2.45) is 0 Å². The molecule has 144 valence electrons. The fourth-order valence-corrected chi connectivity index (χ4v) is 2.96. The molecular weight excluding hydrogens is 402 g/mol. The molecule has 2 aromatic carbocycles. The van der Waals surface area contributed by atoms with Crippen molar-refractivity contribution >= 4 is 40.9 Å². The molecule has 0 spiro atoms. The number of nitrogens with zero attached hydrogens (tertiary/aromatic N) is 2. The van der Waals surface area contributed by atoms with E-state index < -0.39 is 5.97 Å². The molecule has 1 aromatic heterocycles. The van der Waals surface area contributed by atoms with Gasteiger partial charge >= 0.3 is 5.97 Å². The van der Waals surface area contributed by atoms with E-state index in [9.17, 15) is 9.59 Å². The number of thioether (sulfide) groups is 1. The summed E-state index contributed by atoms with van der Waals surface area (Å²) in [7, 11) is 0. The average Bonchev–Trinajstić information content (AvgIpc) is 3.16. The lowest BCUT2D eigenvalue weighted by molar-refractivity contribution is -0.113. The third-order valence-corrected chi connectivity index (χ3v) is 4.59. The minimum Gasteiger partial charge on any atom is -0.462 e. The number of nitrogens with one attached hydrogen (secondary N) is 1. The van der Waals surface area contributed by atoms with Gasteiger partial charge in [-0.2, -0.15) is 0 Å². The average molecular weight is 418 g/mol. The second-order valence-corrected chi connectivity index (χ2v) is 6.85. The third kappa shape index (κ3) is 5.11. The lowest BCUT2D eigenvalue weighted by atomic mass is 10.2. The predicted molar refractivity (Wildman–Crippen MR) is 106 cm³/mol. The molecule has 28 heavy (non-hydrogen) atoms. The molecule has 0 unspecified atom stereocenters. The van der Waals surface area contributed by atoms with Gasteiger partial charge in [0.25, 0.3) is 5.22 Å². The summed E-state index contributed by atoms with van der Waals surface area (Å²) in [5.74, 6) is -0.421. The van der Waals surface area contributed by atoms with E-state index in [4.69, 9.17) is 20.8 Å². The van der Waals surface area contributed by atoms with E-state index in [-0.39, 0.29) is 23.5 Å². The first-order valence-corrected chi connectivity index (χ1v) is 9.71. The summed E-state index contributed by atoms with van der Waals surface area (Å²) < 4.78 is 10.5. The number of carbonyl (C=O) groups is 2. The normalized spacial score (nSPS) is 10.5. The van der Waals surface area contributed by atoms with Crippen LogP contribution < -0.4 is 5.32 Å². The van der Waals surface area contributed by atoms with Gasteiger partial charge in [0.15, 0.2) is 0 Å². The number of para-hydroxylation sites is 1. The predicted octanol–water partition coefficient (Wildman–Crippen LogP) is 4.30. The Balaban J connectivity index is 1.60. The van der Waals surface area contributed by atoms with Gasteiger partial charge in [0, 0.05) is 10.6 Å². The van der Waals surface area contributed by atoms with Crippen LogP contribution in [0.1, 0.15) is 17.3 Å². The van der Waals surface area contributed by atoms with Crippen molar-refractivity contribution < 1.29 is 18.7 Å². The zero-order valence-corrected chi connectivity index (χ0v) is 16.4. The number of amides is 1. The van der Waals surface area contributed by atoms with Crippen molar-refractivity contribution in [2.45, 2.75) is 12.1 Å². The van der Waals surface area contributed by atoms with E-state index in [1.54, 1.807) is 55.5 Å². The zero-order chi connectivity index (χ0) is 19.9. The van der Waals surface area contributed by atoms with Crippen molar-refractivity contribution in [3.05, 3.63) is 59.1 Å². The monoisotopic (exact) mass is 417 g/mol. The second kappa shape index (κ2) is 9.38. The molecule has 7 nitrogen and oxygen atoms in total. The highest BCUT2D eigenvalue weighted by Gasteiger charge is 2.15. The first-order chi connectivity index (χ1) is 13.6. The number of rotatable bonds is 7. The second-order valence-electron chi connectivity index (χ2n) is 5.48. The van der Waals surface area contributed by atoms with Crippen molar-refractivity contribution in [3.63, 3.8) is 0 Å². The Kier molecular flexibility index (Phi) is 6.67. The lowest BCUT2D eigenvalue weighted by Gasteiger charge is -2.09. The highest BCUT2D eigenvalue weighted by atomic mass is 35.5. The fourth-order valence-electron chi connectivity index (χ4n) is 2.27. The van der Waals surface area contributed by atoms with Crippen LogP contribution in [-0.4, -0.2) is 34.4 Å². The van der Waals surface area contributed by atoms with Crippen LogP contribution in [0.25, 0.3) is 11.5 Å². The van der Waals surface area contributed by atoms with Crippen molar-refractivity contribution in [3.8, 4) is 11.5 Å². The highest BCUT2D eigenvalue weighted by Crippen LogP contribution is 2.24. The Bertz CT molecular complexity index is 975. The van der Waals surface area contributed by atoms with Crippen molar-refractivity contribution in [1.29, 1.82) is 0 Å². The standard InChI is InChI=1S/C19H16ClN3O4S/c1-2-26-18(25)14-5-3-4-6-15(14)21-16(24)11-28-19-23-22-17(27-19)12-7-9-13(20)10-8-12/h3-10H,2,11H2,1H3,(H,21,24). The van der Waals surface area contributed by atoms with E-state index in [1.807, 2.05) is 0 Å². The van der Waals surface area contributed by atoms with E-state index in [2.05, 4.69) is 15.5 Å². The number of halogens is 1. The van der Waals surface area contributed by atoms with Gasteiger partial charge in [0.2, 0.25) is 11.8 Å². The van der Waals surface area contributed by atoms with E-state index in [0.29, 0.717) is 22.2 Å². The van der Waals surface area contributed by atoms with Crippen LogP contribution >= 0.6 is 23.4 Å². The minimum atomic E-state index is -0.490. The summed E-state index contributed by atoms with van der Waals surface area (Å²) in [6.07, 6.45) is 0. The molecule has 0 fully saturated rings. The molecule has 3 aromatic rings. The number of esters is 1. The zero-order valence-electron chi connectivity index (χ0n) is 14.8. The van der Waals surface area contributed by atoms with Crippen LogP contribution in [0.5, 0.6) is 0 Å². The molecule has 1 amide bonds. The molecule has 1 heterocycles. The molecule has 0 atom stereocenters. The Morgan fingerprint density at radius 1 is 1.14 bits per heavy atom. The largest absolute Gasteiger partial charge is 0.462 e. The molecule has 0 saturated carbocycles. The van der Waals surface area contributed by atoms with Crippen LogP contribution in [0.2, 0.25) is 5.02 Å². The quantitative estimate of drug-likeness (QED) is 0.452. The van der Waals surface area contributed by atoms with Gasteiger partial charge in [0.1, 0.15) is 0 Å². The molecule has 0 aliphatic heterocycles. The maximum Gasteiger partial charge on any atom is 0.340 e. The fraction of sp³-hybridized carbons (Fsp3) is 0.158. The van der Waals surface area contributed by atoms with Crippen LogP contribution in [0, 0.1) is 0 Å².